The predicted octanol–water partition coefficient (Wildman–Crippen LogP) is 3.57. The molecule has 0 bridgehead atoms. The van der Waals surface area contributed by atoms with E-state index in [0.29, 0.717) is 18.0 Å². The maximum Gasteiger partial charge on any atom is 0.250 e. The van der Waals surface area contributed by atoms with Crippen molar-refractivity contribution in [2.24, 2.45) is 0 Å². The zero-order valence-corrected chi connectivity index (χ0v) is 15.7. The lowest BCUT2D eigenvalue weighted by Crippen LogP contribution is -2.21. The highest BCUT2D eigenvalue weighted by atomic mass is 32.2. The summed E-state index contributed by atoms with van der Waals surface area (Å²) < 4.78 is 1.61. The van der Waals surface area contributed by atoms with Crippen LogP contribution in [0.3, 0.4) is 0 Å². The number of rotatable bonds is 7. The minimum absolute atomic E-state index is 0.0577. The lowest BCUT2D eigenvalue weighted by molar-refractivity contribution is -0.113. The van der Waals surface area contributed by atoms with E-state index in [0.717, 1.165) is 23.3 Å². The fourth-order valence-corrected chi connectivity index (χ4v) is 3.41. The molecular formula is C19H22N4O2S. The van der Waals surface area contributed by atoms with E-state index in [1.54, 1.807) is 16.8 Å². The number of thioether (sulfide) groups is 1. The number of carbonyl (C=O) groups is 1. The van der Waals surface area contributed by atoms with Crippen LogP contribution in [-0.2, 0) is 11.3 Å². The van der Waals surface area contributed by atoms with Crippen LogP contribution in [0.1, 0.15) is 31.3 Å². The molecule has 0 saturated heterocycles. The van der Waals surface area contributed by atoms with Crippen molar-refractivity contribution in [1.29, 1.82) is 0 Å². The number of benzene rings is 1. The summed E-state index contributed by atoms with van der Waals surface area (Å²) in [5.74, 6) is 1.07. The number of aromatic nitrogens is 3. The van der Waals surface area contributed by atoms with Crippen molar-refractivity contribution in [3.8, 4) is 0 Å². The molecule has 0 aliphatic heterocycles. The maximum atomic E-state index is 12.2. The first-order valence-electron chi connectivity index (χ1n) is 8.63. The van der Waals surface area contributed by atoms with Crippen LogP contribution in [0.4, 0.5) is 5.69 Å². The topological polar surface area (TPSA) is 79.8 Å². The van der Waals surface area contributed by atoms with Crippen molar-refractivity contribution in [2.45, 2.75) is 32.1 Å². The number of nitrogens with one attached hydrogen (secondary N) is 2. The molecule has 7 heteroatoms. The highest BCUT2D eigenvalue weighted by Crippen LogP contribution is 2.27. The molecule has 1 atom stereocenters. The van der Waals surface area contributed by atoms with Gasteiger partial charge in [-0.25, -0.2) is 4.98 Å². The summed E-state index contributed by atoms with van der Waals surface area (Å²) in [6.45, 7) is 4.67. The Morgan fingerprint density at radius 3 is 2.88 bits per heavy atom. The third-order valence-electron chi connectivity index (χ3n) is 3.99. The molecule has 2 N–H and O–H groups in total. The van der Waals surface area contributed by atoms with Gasteiger partial charge in [0.2, 0.25) is 5.91 Å². The SMILES string of the molecule is CCCn1cc(NC(=O)CSC(C)c2nc3ccccc3[nH]2)ccc1=O. The number of carbonyl (C=O) groups excluding carboxylic acids is 1. The Hall–Kier alpha value is -2.54. The van der Waals surface area contributed by atoms with Gasteiger partial charge in [-0.2, -0.15) is 0 Å². The number of fused-ring (bicyclic) bond motifs is 1. The minimum atomic E-state index is -0.0975. The molecule has 3 rings (SSSR count). The van der Waals surface area contributed by atoms with Gasteiger partial charge in [-0.05, 0) is 31.5 Å². The van der Waals surface area contributed by atoms with E-state index >= 15 is 0 Å². The third-order valence-corrected chi connectivity index (χ3v) is 5.14. The summed E-state index contributed by atoms with van der Waals surface area (Å²) in [6.07, 6.45) is 2.55. The monoisotopic (exact) mass is 370 g/mol. The van der Waals surface area contributed by atoms with Gasteiger partial charge >= 0.3 is 0 Å². The first-order valence-corrected chi connectivity index (χ1v) is 9.68. The molecule has 0 saturated carbocycles. The number of H-pyrrole nitrogens is 1. The minimum Gasteiger partial charge on any atom is -0.341 e. The summed E-state index contributed by atoms with van der Waals surface area (Å²) in [6, 6.07) is 11.0. The summed E-state index contributed by atoms with van der Waals surface area (Å²) >= 11 is 1.52. The van der Waals surface area contributed by atoms with Gasteiger partial charge in [0.15, 0.2) is 0 Å². The van der Waals surface area contributed by atoms with Crippen molar-refractivity contribution >= 4 is 34.4 Å². The van der Waals surface area contributed by atoms with Crippen LogP contribution in [0.15, 0.2) is 47.4 Å². The summed E-state index contributed by atoms with van der Waals surface area (Å²) in [4.78, 5) is 31.8. The van der Waals surface area contributed by atoms with Crippen LogP contribution < -0.4 is 10.9 Å². The van der Waals surface area contributed by atoms with E-state index in [-0.39, 0.29) is 16.7 Å². The number of hydrogen-bond acceptors (Lipinski definition) is 4. The average molecular weight is 370 g/mol. The summed E-state index contributed by atoms with van der Waals surface area (Å²) in [5.41, 5.74) is 2.51. The van der Waals surface area contributed by atoms with Gasteiger partial charge in [-0.15, -0.1) is 11.8 Å². The Balaban J connectivity index is 1.58. The molecule has 0 fully saturated rings. The molecule has 1 aromatic carbocycles. The highest BCUT2D eigenvalue weighted by molar-refractivity contribution is 8.00. The summed E-state index contributed by atoms with van der Waals surface area (Å²) in [7, 11) is 0. The first-order chi connectivity index (χ1) is 12.6. The molecule has 26 heavy (non-hydrogen) atoms. The fourth-order valence-electron chi connectivity index (χ4n) is 2.66. The van der Waals surface area contributed by atoms with Crippen LogP contribution in [-0.4, -0.2) is 26.2 Å². The molecule has 2 heterocycles. The third kappa shape index (κ3) is 4.35. The predicted molar refractivity (Wildman–Crippen MR) is 107 cm³/mol. The van der Waals surface area contributed by atoms with Crippen LogP contribution >= 0.6 is 11.8 Å². The van der Waals surface area contributed by atoms with Crippen LogP contribution in [0, 0.1) is 0 Å². The second-order valence-electron chi connectivity index (χ2n) is 6.09. The van der Waals surface area contributed by atoms with E-state index in [9.17, 15) is 9.59 Å². The number of nitrogens with zero attached hydrogens (tertiary/aromatic N) is 2. The van der Waals surface area contributed by atoms with Crippen LogP contribution in [0.25, 0.3) is 11.0 Å². The fraction of sp³-hybridized carbons (Fsp3) is 0.316. The zero-order valence-electron chi connectivity index (χ0n) is 14.9. The maximum absolute atomic E-state index is 12.2. The largest absolute Gasteiger partial charge is 0.341 e. The lowest BCUT2D eigenvalue weighted by Gasteiger charge is -2.10. The van der Waals surface area contributed by atoms with Gasteiger partial charge in [0.25, 0.3) is 5.56 Å². The number of amides is 1. The van der Waals surface area contributed by atoms with E-state index in [2.05, 4.69) is 15.3 Å². The molecule has 6 nitrogen and oxygen atoms in total. The molecule has 0 aliphatic rings. The normalized spacial score (nSPS) is 12.2. The van der Waals surface area contributed by atoms with Crippen molar-refractivity contribution in [1.82, 2.24) is 14.5 Å². The van der Waals surface area contributed by atoms with E-state index in [4.69, 9.17) is 0 Å². The molecule has 3 aromatic rings. The molecular weight excluding hydrogens is 348 g/mol. The summed E-state index contributed by atoms with van der Waals surface area (Å²) in [5, 5.41) is 2.92. The van der Waals surface area contributed by atoms with Crippen molar-refractivity contribution in [2.75, 3.05) is 11.1 Å². The Labute approximate surface area is 156 Å². The lowest BCUT2D eigenvalue weighted by atomic mass is 10.3. The van der Waals surface area contributed by atoms with Gasteiger partial charge in [-0.1, -0.05) is 19.1 Å². The number of aryl methyl sites for hydroxylation is 1. The molecule has 0 aliphatic carbocycles. The quantitative estimate of drug-likeness (QED) is 0.666. The smallest absolute Gasteiger partial charge is 0.250 e. The van der Waals surface area contributed by atoms with Crippen LogP contribution in [0.5, 0.6) is 0 Å². The second-order valence-corrected chi connectivity index (χ2v) is 7.42. The first kappa shape index (κ1) is 18.3. The molecule has 136 valence electrons. The number of anilines is 1. The Morgan fingerprint density at radius 2 is 2.12 bits per heavy atom. The van der Waals surface area contributed by atoms with E-state index < -0.39 is 0 Å². The molecule has 1 amide bonds. The number of imidazole rings is 1. The van der Waals surface area contributed by atoms with Gasteiger partial charge in [-0.3, -0.25) is 9.59 Å². The Bertz CT molecular complexity index is 930. The van der Waals surface area contributed by atoms with Crippen molar-refractivity contribution in [3.63, 3.8) is 0 Å². The number of para-hydroxylation sites is 2. The van der Waals surface area contributed by atoms with Gasteiger partial charge in [0, 0.05) is 18.8 Å². The zero-order chi connectivity index (χ0) is 18.5. The van der Waals surface area contributed by atoms with Gasteiger partial charge in [0.1, 0.15) is 5.82 Å². The van der Waals surface area contributed by atoms with E-state index in [1.807, 2.05) is 38.1 Å². The van der Waals surface area contributed by atoms with E-state index in [1.165, 1.54) is 17.8 Å². The molecule has 0 radical (unpaired) electrons. The standard InChI is InChI=1S/C19H22N4O2S/c1-3-10-23-11-14(8-9-18(23)25)20-17(24)12-26-13(2)19-21-15-6-4-5-7-16(15)22-19/h4-9,11,13H,3,10,12H2,1-2H3,(H,20,24)(H,21,22). The molecule has 2 aromatic heterocycles. The highest BCUT2D eigenvalue weighted by Gasteiger charge is 2.13. The number of aromatic amines is 1. The number of pyridine rings is 1. The van der Waals surface area contributed by atoms with Gasteiger partial charge < -0.3 is 14.9 Å². The Morgan fingerprint density at radius 1 is 1.31 bits per heavy atom. The molecule has 0 spiro atoms. The average Bonchev–Trinajstić information content (AvgIpc) is 3.07. The molecule has 1 unspecified atom stereocenters. The van der Waals surface area contributed by atoms with Gasteiger partial charge in [0.05, 0.1) is 27.7 Å². The number of hydrogen-bond donors (Lipinski definition) is 2. The van der Waals surface area contributed by atoms with Crippen LogP contribution in [0.2, 0.25) is 0 Å². The Kier molecular flexibility index (Phi) is 5.78. The second kappa shape index (κ2) is 8.23. The van der Waals surface area contributed by atoms with Crippen molar-refractivity contribution in [3.05, 3.63) is 58.8 Å². The van der Waals surface area contributed by atoms with Crippen molar-refractivity contribution < 1.29 is 4.79 Å².